The highest BCUT2D eigenvalue weighted by molar-refractivity contribution is 7.80. The third-order valence-corrected chi connectivity index (χ3v) is 4.35. The fourth-order valence-electron chi connectivity index (χ4n) is 2.61. The Morgan fingerprint density at radius 3 is 1.37 bits per heavy atom. The Morgan fingerprint density at radius 2 is 1.03 bits per heavy atom. The summed E-state index contributed by atoms with van der Waals surface area (Å²) < 4.78 is 63.2. The molecule has 0 bridgehead atoms. The molecule has 15 nitrogen and oxygen atoms in total. The van der Waals surface area contributed by atoms with Crippen molar-refractivity contribution in [1.82, 2.24) is 5.32 Å². The van der Waals surface area contributed by atoms with Crippen LogP contribution in [-0.4, -0.2) is 104 Å². The van der Waals surface area contributed by atoms with Crippen LogP contribution in [0.2, 0.25) is 0 Å². The average molecular weight is 560 g/mol. The summed E-state index contributed by atoms with van der Waals surface area (Å²) in [6.45, 7) is 1.82. The van der Waals surface area contributed by atoms with Crippen molar-refractivity contribution in [2.45, 2.75) is 95.5 Å². The van der Waals surface area contributed by atoms with Gasteiger partial charge in [-0.1, -0.05) is 64.7 Å². The van der Waals surface area contributed by atoms with Crippen molar-refractivity contribution < 1.29 is 65.4 Å². The van der Waals surface area contributed by atoms with Crippen molar-refractivity contribution >= 4 is 26.7 Å². The van der Waals surface area contributed by atoms with E-state index >= 15 is 0 Å². The minimum atomic E-state index is -4.67. The summed E-state index contributed by atoms with van der Waals surface area (Å²) in [5, 5.41) is 49.1. The first-order valence-electron chi connectivity index (χ1n) is 11.0. The molecule has 0 saturated heterocycles. The summed E-state index contributed by atoms with van der Waals surface area (Å²) in [4.78, 5) is 11.7. The molecule has 0 aliphatic rings. The van der Waals surface area contributed by atoms with E-state index in [0.717, 1.165) is 19.3 Å². The van der Waals surface area contributed by atoms with E-state index in [4.69, 9.17) is 40.2 Å². The van der Waals surface area contributed by atoms with Gasteiger partial charge >= 0.3 is 20.8 Å². The number of amides is 1. The maximum absolute atomic E-state index is 11.7. The maximum Gasteiger partial charge on any atom is 0.394 e. The van der Waals surface area contributed by atoms with E-state index in [0.29, 0.717) is 6.54 Å². The number of rotatable bonds is 16. The van der Waals surface area contributed by atoms with Gasteiger partial charge in [-0.25, -0.2) is 0 Å². The summed E-state index contributed by atoms with van der Waals surface area (Å²) in [6, 6.07) is 0. The highest BCUT2D eigenvalue weighted by atomic mass is 32.3. The largest absolute Gasteiger partial charge is 0.394 e. The molecule has 0 aliphatic carbocycles. The zero-order valence-electron chi connectivity index (χ0n) is 19.7. The van der Waals surface area contributed by atoms with Crippen molar-refractivity contribution in [1.29, 1.82) is 0 Å². The first-order valence-corrected chi connectivity index (χ1v) is 13.8. The Kier molecular flexibility index (Phi) is 24.5. The van der Waals surface area contributed by atoms with Gasteiger partial charge in [-0.05, 0) is 6.42 Å². The second kappa shape index (κ2) is 22.2. The topological polar surface area (TPSA) is 279 Å². The van der Waals surface area contributed by atoms with Crippen LogP contribution >= 0.6 is 0 Å². The van der Waals surface area contributed by atoms with Crippen molar-refractivity contribution in [2.24, 2.45) is 0 Å². The Hall–Kier alpha value is -0.990. The number of aliphatic hydroxyl groups excluding tert-OH is 5. The highest BCUT2D eigenvalue weighted by Crippen LogP contribution is 2.10. The van der Waals surface area contributed by atoms with Crippen LogP contribution in [0, 0.1) is 0 Å². The van der Waals surface area contributed by atoms with Gasteiger partial charge in [0.1, 0.15) is 18.3 Å². The molecule has 0 rings (SSSR count). The van der Waals surface area contributed by atoms with Crippen molar-refractivity contribution in [3.05, 3.63) is 0 Å². The van der Waals surface area contributed by atoms with Crippen molar-refractivity contribution in [3.8, 4) is 0 Å². The summed E-state index contributed by atoms with van der Waals surface area (Å²) in [7, 11) is -9.33. The van der Waals surface area contributed by atoms with Gasteiger partial charge < -0.3 is 30.8 Å². The zero-order valence-corrected chi connectivity index (χ0v) is 21.3. The van der Waals surface area contributed by atoms with Gasteiger partial charge in [-0.3, -0.25) is 23.0 Å². The second-order valence-electron chi connectivity index (χ2n) is 7.54. The molecule has 0 fully saturated rings. The monoisotopic (exact) mass is 559 g/mol. The first-order chi connectivity index (χ1) is 16.0. The van der Waals surface area contributed by atoms with Crippen molar-refractivity contribution in [3.63, 3.8) is 0 Å². The molecule has 0 aromatic heterocycles. The van der Waals surface area contributed by atoms with Crippen molar-refractivity contribution in [2.75, 3.05) is 13.2 Å². The average Bonchev–Trinajstić information content (AvgIpc) is 2.72. The Balaban J connectivity index is -0.000000853. The van der Waals surface area contributed by atoms with Crippen LogP contribution in [0.3, 0.4) is 0 Å². The third-order valence-electron chi connectivity index (χ3n) is 4.35. The molecule has 17 heteroatoms. The second-order valence-corrected chi connectivity index (χ2v) is 9.34. The van der Waals surface area contributed by atoms with Crippen LogP contribution in [-0.2, 0) is 25.6 Å². The zero-order chi connectivity index (χ0) is 28.1. The molecule has 0 unspecified atom stereocenters. The SMILES string of the molecule is CCCCCCCCCCCCNC(=O)[C@H](O)[C@@H](O)[C@H](O)[C@H](O)CO.O=S(=O)(O)O.O=S(=O)(O)O. The minimum Gasteiger partial charge on any atom is -0.394 e. The van der Waals surface area contributed by atoms with E-state index in [1.807, 2.05) is 0 Å². The lowest BCUT2D eigenvalue weighted by Gasteiger charge is -2.24. The summed E-state index contributed by atoms with van der Waals surface area (Å²) in [5.41, 5.74) is 0. The van der Waals surface area contributed by atoms with Crippen LogP contribution in [0.1, 0.15) is 71.1 Å². The van der Waals surface area contributed by atoms with E-state index < -0.39 is 57.7 Å². The number of nitrogens with one attached hydrogen (secondary N) is 1. The van der Waals surface area contributed by atoms with Gasteiger partial charge in [0.15, 0.2) is 6.10 Å². The first kappa shape index (κ1) is 38.5. The number of hydrogen-bond donors (Lipinski definition) is 10. The molecular formula is C18H41NO14S2. The molecule has 0 saturated carbocycles. The molecule has 0 aromatic rings. The van der Waals surface area contributed by atoms with Crippen LogP contribution in [0.4, 0.5) is 0 Å². The summed E-state index contributed by atoms with van der Waals surface area (Å²) in [6.07, 6.45) is 4.69. The molecule has 0 heterocycles. The summed E-state index contributed by atoms with van der Waals surface area (Å²) in [5.74, 6) is -0.799. The fraction of sp³-hybridized carbons (Fsp3) is 0.944. The molecule has 35 heavy (non-hydrogen) atoms. The molecule has 0 radical (unpaired) electrons. The van der Waals surface area contributed by atoms with Gasteiger partial charge in [0, 0.05) is 6.54 Å². The number of carbonyl (C=O) groups excluding carboxylic acids is 1. The van der Waals surface area contributed by atoms with E-state index in [2.05, 4.69) is 12.2 Å². The lowest BCUT2D eigenvalue weighted by molar-refractivity contribution is -0.148. The number of hydrogen-bond acceptors (Lipinski definition) is 10. The fourth-order valence-corrected chi connectivity index (χ4v) is 2.61. The quantitative estimate of drug-likeness (QED) is 0.0814. The van der Waals surface area contributed by atoms with Gasteiger partial charge in [0.25, 0.3) is 5.91 Å². The smallest absolute Gasteiger partial charge is 0.394 e. The normalized spacial score (nSPS) is 14.9. The molecule has 4 atom stereocenters. The van der Waals surface area contributed by atoms with E-state index in [-0.39, 0.29) is 0 Å². The van der Waals surface area contributed by atoms with E-state index in [1.165, 1.54) is 44.9 Å². The number of aliphatic hydroxyl groups is 5. The number of unbranched alkanes of at least 4 members (excludes halogenated alkanes) is 9. The van der Waals surface area contributed by atoms with Crippen LogP contribution in [0.25, 0.3) is 0 Å². The molecule has 214 valence electrons. The molecule has 10 N–H and O–H groups in total. The standard InChI is InChI=1S/C18H37NO6.2H2O4S/c1-2-3-4-5-6-7-8-9-10-11-12-19-18(25)17(24)16(23)15(22)14(21)13-20;2*1-5(2,3)4/h14-17,20-24H,2-13H2,1H3,(H,19,25);2*(H2,1,2,3,4)/t14-,15-,16+,17-;;/m1../s1. The molecule has 1 amide bonds. The Morgan fingerprint density at radius 1 is 0.686 bits per heavy atom. The maximum atomic E-state index is 11.7. The van der Waals surface area contributed by atoms with E-state index in [9.17, 15) is 25.2 Å². The van der Waals surface area contributed by atoms with E-state index in [1.54, 1.807) is 0 Å². The predicted octanol–water partition coefficient (Wildman–Crippen LogP) is -0.846. The van der Waals surface area contributed by atoms with Crippen LogP contribution in [0.15, 0.2) is 0 Å². The van der Waals surface area contributed by atoms with Gasteiger partial charge in [-0.15, -0.1) is 0 Å². The van der Waals surface area contributed by atoms with Gasteiger partial charge in [0.2, 0.25) is 0 Å². The molecule has 0 aliphatic heterocycles. The Labute approximate surface area is 206 Å². The van der Waals surface area contributed by atoms with Crippen LogP contribution < -0.4 is 5.32 Å². The minimum absolute atomic E-state index is 0.387. The van der Waals surface area contributed by atoms with Gasteiger partial charge in [-0.2, -0.15) is 16.8 Å². The Bertz CT molecular complexity index is 671. The molecule has 0 aromatic carbocycles. The lowest BCUT2D eigenvalue weighted by atomic mass is 10.0. The van der Waals surface area contributed by atoms with Gasteiger partial charge in [0.05, 0.1) is 6.61 Å². The van der Waals surface area contributed by atoms with Crippen LogP contribution in [0.5, 0.6) is 0 Å². The third kappa shape index (κ3) is 35.2. The predicted molar refractivity (Wildman–Crippen MR) is 124 cm³/mol. The highest BCUT2D eigenvalue weighted by Gasteiger charge is 2.33. The summed E-state index contributed by atoms with van der Waals surface area (Å²) >= 11 is 0. The molecule has 0 spiro atoms. The lowest BCUT2D eigenvalue weighted by Crippen LogP contribution is -2.51. The number of carbonyl (C=O) groups is 1. The molecular weight excluding hydrogens is 518 g/mol.